The number of nitrogens with zero attached hydrogens (tertiary/aromatic N) is 3. The predicted molar refractivity (Wildman–Crippen MR) is 125 cm³/mol. The van der Waals surface area contributed by atoms with Crippen molar-refractivity contribution < 1.29 is 8.42 Å². The van der Waals surface area contributed by atoms with Gasteiger partial charge in [-0.1, -0.05) is 28.1 Å². The molecule has 0 unspecified atom stereocenters. The van der Waals surface area contributed by atoms with E-state index in [1.54, 1.807) is 32.3 Å². The number of hydrogen-bond donors (Lipinski definition) is 1. The van der Waals surface area contributed by atoms with Crippen molar-refractivity contribution in [3.63, 3.8) is 0 Å². The average Bonchev–Trinajstić information content (AvgIpc) is 2.98. The van der Waals surface area contributed by atoms with Crippen LogP contribution in [0.4, 0.5) is 0 Å². The van der Waals surface area contributed by atoms with Crippen LogP contribution < -0.4 is 10.4 Å². The number of nitrogens with one attached hydrogen (secondary N) is 1. The molecule has 0 bridgehead atoms. The third-order valence-corrected chi connectivity index (χ3v) is 8.09. The molecule has 1 aromatic heterocycles. The van der Waals surface area contributed by atoms with Gasteiger partial charge in [-0.2, -0.15) is 0 Å². The van der Waals surface area contributed by atoms with Crippen LogP contribution in [0.5, 0.6) is 0 Å². The first-order valence-electron chi connectivity index (χ1n) is 10.4. The molecule has 0 aliphatic carbocycles. The number of rotatable bonds is 6. The molecule has 2 aromatic carbocycles. The largest absolute Gasteiger partial charge is 0.328 e. The Bertz CT molecular complexity index is 1240. The van der Waals surface area contributed by atoms with Gasteiger partial charge in [0.25, 0.3) is 0 Å². The zero-order valence-corrected chi connectivity index (χ0v) is 20.1. The molecule has 1 saturated heterocycles. The molecule has 0 radical (unpaired) electrons. The Balaban J connectivity index is 1.35. The van der Waals surface area contributed by atoms with Gasteiger partial charge in [0.2, 0.25) is 10.0 Å². The van der Waals surface area contributed by atoms with Gasteiger partial charge in [0.15, 0.2) is 0 Å². The minimum Gasteiger partial charge on any atom is -0.299 e. The van der Waals surface area contributed by atoms with Crippen molar-refractivity contribution in [2.45, 2.75) is 24.3 Å². The number of hydrogen-bond acceptors (Lipinski definition) is 4. The maximum Gasteiger partial charge on any atom is 0.328 e. The first-order chi connectivity index (χ1) is 14.7. The molecule has 0 saturated carbocycles. The molecule has 1 aliphatic rings. The SMILES string of the molecule is Cn1c(=O)n(C)c2cc(S(=O)(=O)NCC3CCN(Cc4ccc(Br)cc4)CC3)ccc21. The van der Waals surface area contributed by atoms with Crippen molar-refractivity contribution in [3.05, 3.63) is 63.0 Å². The van der Waals surface area contributed by atoms with Gasteiger partial charge in [0, 0.05) is 31.7 Å². The number of piperidine rings is 1. The first-order valence-corrected chi connectivity index (χ1v) is 12.6. The molecule has 3 aromatic rings. The fourth-order valence-electron chi connectivity index (χ4n) is 4.16. The summed E-state index contributed by atoms with van der Waals surface area (Å²) in [4.78, 5) is 14.7. The highest BCUT2D eigenvalue weighted by Crippen LogP contribution is 2.21. The van der Waals surface area contributed by atoms with Crippen LogP contribution in [0.15, 0.2) is 56.6 Å². The van der Waals surface area contributed by atoms with Crippen LogP contribution in [0.2, 0.25) is 0 Å². The lowest BCUT2D eigenvalue weighted by Gasteiger charge is -2.32. The lowest BCUT2D eigenvalue weighted by Crippen LogP contribution is -2.38. The van der Waals surface area contributed by atoms with Crippen LogP contribution in [0.25, 0.3) is 11.0 Å². The summed E-state index contributed by atoms with van der Waals surface area (Å²) in [6.07, 6.45) is 1.93. The minimum absolute atomic E-state index is 0.174. The van der Waals surface area contributed by atoms with E-state index in [0.717, 1.165) is 36.9 Å². The Morgan fingerprint density at radius 2 is 1.65 bits per heavy atom. The Labute approximate surface area is 190 Å². The second-order valence-corrected chi connectivity index (χ2v) is 10.9. The minimum atomic E-state index is -3.63. The topological polar surface area (TPSA) is 76.3 Å². The molecule has 31 heavy (non-hydrogen) atoms. The van der Waals surface area contributed by atoms with Gasteiger partial charge in [-0.15, -0.1) is 0 Å². The number of likely N-dealkylation sites (tertiary alicyclic amines) is 1. The molecular formula is C22H27BrN4O3S. The summed E-state index contributed by atoms with van der Waals surface area (Å²) in [6, 6.07) is 13.2. The van der Waals surface area contributed by atoms with Crippen LogP contribution in [0.1, 0.15) is 18.4 Å². The molecule has 0 spiro atoms. The predicted octanol–water partition coefficient (Wildman–Crippen LogP) is 2.83. The van der Waals surface area contributed by atoms with E-state index in [9.17, 15) is 13.2 Å². The summed E-state index contributed by atoms with van der Waals surface area (Å²) in [7, 11) is -0.300. The summed E-state index contributed by atoms with van der Waals surface area (Å²) in [5.74, 6) is 0.320. The van der Waals surface area contributed by atoms with E-state index in [0.29, 0.717) is 23.5 Å². The van der Waals surface area contributed by atoms with Crippen molar-refractivity contribution in [2.75, 3.05) is 19.6 Å². The standard InChI is InChI=1S/C22H27BrN4O3S/c1-25-20-8-7-19(13-21(20)26(2)22(25)28)31(29,30)24-14-16-9-11-27(12-10-16)15-17-3-5-18(23)6-4-17/h3-8,13,16,24H,9-12,14-15H2,1-2H3. The van der Waals surface area contributed by atoms with Crippen molar-refractivity contribution in [2.24, 2.45) is 20.0 Å². The summed E-state index contributed by atoms with van der Waals surface area (Å²) in [5.41, 5.74) is 2.43. The Kier molecular flexibility index (Phi) is 6.39. The van der Waals surface area contributed by atoms with Gasteiger partial charge < -0.3 is 0 Å². The van der Waals surface area contributed by atoms with Crippen LogP contribution in [0.3, 0.4) is 0 Å². The van der Waals surface area contributed by atoms with E-state index in [-0.39, 0.29) is 10.6 Å². The third-order valence-electron chi connectivity index (χ3n) is 6.14. The van der Waals surface area contributed by atoms with Crippen LogP contribution in [-0.2, 0) is 30.7 Å². The highest BCUT2D eigenvalue weighted by molar-refractivity contribution is 9.10. The average molecular weight is 507 g/mol. The van der Waals surface area contributed by atoms with Gasteiger partial charge in [-0.05, 0) is 67.7 Å². The molecular weight excluding hydrogens is 480 g/mol. The first kappa shape index (κ1) is 22.3. The number of fused-ring (bicyclic) bond motifs is 1. The number of aromatic nitrogens is 2. The van der Waals surface area contributed by atoms with Crippen LogP contribution in [-0.4, -0.2) is 42.1 Å². The van der Waals surface area contributed by atoms with Gasteiger partial charge in [0.1, 0.15) is 0 Å². The number of imidazole rings is 1. The van der Waals surface area contributed by atoms with Crippen molar-refractivity contribution in [1.29, 1.82) is 0 Å². The van der Waals surface area contributed by atoms with E-state index in [1.165, 1.54) is 14.7 Å². The second kappa shape index (κ2) is 8.90. The lowest BCUT2D eigenvalue weighted by atomic mass is 9.97. The maximum atomic E-state index is 12.8. The molecule has 2 heterocycles. The van der Waals surface area contributed by atoms with E-state index in [2.05, 4.69) is 49.8 Å². The zero-order chi connectivity index (χ0) is 22.2. The number of benzene rings is 2. The van der Waals surface area contributed by atoms with Crippen molar-refractivity contribution in [3.8, 4) is 0 Å². The molecule has 1 fully saturated rings. The quantitative estimate of drug-likeness (QED) is 0.557. The van der Waals surface area contributed by atoms with Gasteiger partial charge >= 0.3 is 5.69 Å². The smallest absolute Gasteiger partial charge is 0.299 e. The molecule has 9 heteroatoms. The zero-order valence-electron chi connectivity index (χ0n) is 17.7. The third kappa shape index (κ3) is 4.79. The highest BCUT2D eigenvalue weighted by atomic mass is 79.9. The Morgan fingerprint density at radius 3 is 2.32 bits per heavy atom. The number of sulfonamides is 1. The molecule has 1 aliphatic heterocycles. The summed E-state index contributed by atoms with van der Waals surface area (Å²) in [5, 5.41) is 0. The van der Waals surface area contributed by atoms with Gasteiger partial charge in [0.05, 0.1) is 15.9 Å². The van der Waals surface area contributed by atoms with E-state index >= 15 is 0 Å². The lowest BCUT2D eigenvalue weighted by molar-refractivity contribution is 0.178. The fraction of sp³-hybridized carbons (Fsp3) is 0.409. The van der Waals surface area contributed by atoms with Gasteiger partial charge in [-0.3, -0.25) is 14.0 Å². The summed E-state index contributed by atoms with van der Waals surface area (Å²) >= 11 is 3.46. The molecule has 166 valence electrons. The molecule has 0 atom stereocenters. The monoisotopic (exact) mass is 506 g/mol. The summed E-state index contributed by atoms with van der Waals surface area (Å²) in [6.45, 7) is 3.27. The molecule has 1 N–H and O–H groups in total. The second-order valence-electron chi connectivity index (χ2n) is 8.25. The van der Waals surface area contributed by atoms with Crippen molar-refractivity contribution >= 4 is 37.0 Å². The van der Waals surface area contributed by atoms with Crippen molar-refractivity contribution in [1.82, 2.24) is 18.8 Å². The normalized spacial score (nSPS) is 16.2. The van der Waals surface area contributed by atoms with E-state index in [4.69, 9.17) is 0 Å². The number of aryl methyl sites for hydroxylation is 2. The highest BCUT2D eigenvalue weighted by Gasteiger charge is 2.23. The Morgan fingerprint density at radius 1 is 1.00 bits per heavy atom. The van der Waals surface area contributed by atoms with E-state index in [1.807, 2.05) is 0 Å². The van der Waals surface area contributed by atoms with E-state index < -0.39 is 10.0 Å². The maximum absolute atomic E-state index is 12.8. The number of halogens is 1. The Hall–Kier alpha value is -1.94. The van der Waals surface area contributed by atoms with Crippen LogP contribution in [0, 0.1) is 5.92 Å². The van der Waals surface area contributed by atoms with Gasteiger partial charge in [-0.25, -0.2) is 17.9 Å². The summed E-state index contributed by atoms with van der Waals surface area (Å²) < 4.78 is 32.5. The molecule has 7 nitrogen and oxygen atoms in total. The molecule has 4 rings (SSSR count). The fourth-order valence-corrected chi connectivity index (χ4v) is 5.56. The molecule has 0 amide bonds. The van der Waals surface area contributed by atoms with Crippen LogP contribution >= 0.6 is 15.9 Å².